The Morgan fingerprint density at radius 1 is 1.19 bits per heavy atom. The molecule has 0 spiro atoms. The molecule has 2 aliphatic rings. The van der Waals surface area contributed by atoms with Crippen molar-refractivity contribution in [1.29, 1.82) is 0 Å². The molecule has 1 amide bonds. The van der Waals surface area contributed by atoms with Crippen molar-refractivity contribution in [3.63, 3.8) is 0 Å². The molecule has 0 bridgehead atoms. The third-order valence-corrected chi connectivity index (χ3v) is 6.33. The largest absolute Gasteiger partial charge is 0.385 e. The highest BCUT2D eigenvalue weighted by Gasteiger charge is 2.50. The van der Waals surface area contributed by atoms with Gasteiger partial charge in [0.1, 0.15) is 0 Å². The van der Waals surface area contributed by atoms with Crippen molar-refractivity contribution in [2.24, 2.45) is 11.8 Å². The number of aromatic amines is 1. The second kappa shape index (κ2) is 6.08. The number of aromatic nitrogens is 2. The van der Waals surface area contributed by atoms with Crippen molar-refractivity contribution in [2.45, 2.75) is 18.4 Å². The minimum atomic E-state index is -0.926. The number of carbonyl (C=O) groups excluding carboxylic acids is 1. The first-order chi connectivity index (χ1) is 13.0. The van der Waals surface area contributed by atoms with Gasteiger partial charge in [-0.15, -0.1) is 0 Å². The molecule has 3 aromatic rings. The van der Waals surface area contributed by atoms with Gasteiger partial charge >= 0.3 is 0 Å². The van der Waals surface area contributed by atoms with Crippen LogP contribution in [0.4, 0.5) is 0 Å². The fourth-order valence-electron chi connectivity index (χ4n) is 4.90. The predicted molar refractivity (Wildman–Crippen MR) is 104 cm³/mol. The molecule has 0 unspecified atom stereocenters. The number of rotatable bonds is 2. The van der Waals surface area contributed by atoms with Gasteiger partial charge in [0, 0.05) is 29.1 Å². The summed E-state index contributed by atoms with van der Waals surface area (Å²) in [6, 6.07) is 13.1. The van der Waals surface area contributed by atoms with Crippen LogP contribution in [0.5, 0.6) is 0 Å². The second-order valence-corrected chi connectivity index (χ2v) is 8.26. The molecule has 1 saturated heterocycles. The van der Waals surface area contributed by atoms with Gasteiger partial charge in [0.25, 0.3) is 5.91 Å². The van der Waals surface area contributed by atoms with Crippen LogP contribution in [-0.4, -0.2) is 39.2 Å². The van der Waals surface area contributed by atoms with Gasteiger partial charge in [-0.1, -0.05) is 29.8 Å². The van der Waals surface area contributed by atoms with E-state index in [0.29, 0.717) is 42.8 Å². The fraction of sp³-hybridized carbons (Fsp3) is 0.333. The summed E-state index contributed by atoms with van der Waals surface area (Å²) < 4.78 is 0. The van der Waals surface area contributed by atoms with Gasteiger partial charge in [-0.3, -0.25) is 9.89 Å². The second-order valence-electron chi connectivity index (χ2n) is 7.82. The maximum atomic E-state index is 12.7. The molecule has 5 rings (SSSR count). The number of hydrogen-bond donors (Lipinski definition) is 2. The minimum Gasteiger partial charge on any atom is -0.385 e. The number of likely N-dealkylation sites (tertiary alicyclic amines) is 1. The first kappa shape index (κ1) is 16.8. The third kappa shape index (κ3) is 2.73. The molecule has 2 aromatic carbocycles. The lowest BCUT2D eigenvalue weighted by molar-refractivity contribution is 0.0318. The molecule has 3 atom stereocenters. The normalized spacial score (nSPS) is 27.3. The van der Waals surface area contributed by atoms with Crippen molar-refractivity contribution in [3.05, 3.63) is 64.8 Å². The summed E-state index contributed by atoms with van der Waals surface area (Å²) in [5.41, 5.74) is 1.48. The van der Waals surface area contributed by atoms with Gasteiger partial charge in [-0.2, -0.15) is 5.10 Å². The summed E-state index contributed by atoms with van der Waals surface area (Å²) in [6.07, 6.45) is 3.02. The molecule has 6 heteroatoms. The standard InChI is InChI=1S/C21H20ClN3O2/c22-16-6-18(17-10-23-24-19(17)7-16)21(27)8-14-11-25(12-15(14)9-21)20(26)13-4-2-1-3-5-13/h1-7,10,14-15,27H,8-9,11-12H2,(H,23,24)/t14-,15+,21-. The van der Waals surface area contributed by atoms with E-state index in [9.17, 15) is 9.90 Å². The Labute approximate surface area is 161 Å². The number of fused-ring (bicyclic) bond motifs is 2. The molecule has 0 radical (unpaired) electrons. The van der Waals surface area contributed by atoms with Gasteiger partial charge < -0.3 is 10.0 Å². The van der Waals surface area contributed by atoms with E-state index < -0.39 is 5.60 Å². The van der Waals surface area contributed by atoms with Gasteiger partial charge in [-0.05, 0) is 54.5 Å². The van der Waals surface area contributed by atoms with E-state index in [0.717, 1.165) is 22.0 Å². The average Bonchev–Trinajstić information content (AvgIpc) is 3.34. The van der Waals surface area contributed by atoms with Gasteiger partial charge in [-0.25, -0.2) is 0 Å². The Balaban J connectivity index is 1.39. The van der Waals surface area contributed by atoms with Gasteiger partial charge in [0.05, 0.1) is 17.3 Å². The van der Waals surface area contributed by atoms with Crippen molar-refractivity contribution in [2.75, 3.05) is 13.1 Å². The summed E-state index contributed by atoms with van der Waals surface area (Å²) in [6.45, 7) is 1.38. The van der Waals surface area contributed by atoms with E-state index in [1.807, 2.05) is 47.4 Å². The van der Waals surface area contributed by atoms with Crippen molar-refractivity contribution in [1.82, 2.24) is 15.1 Å². The Bertz CT molecular complexity index is 1000. The first-order valence-corrected chi connectivity index (χ1v) is 9.61. The molecule has 1 aromatic heterocycles. The number of H-pyrrole nitrogens is 1. The van der Waals surface area contributed by atoms with Crippen LogP contribution in [0.1, 0.15) is 28.8 Å². The van der Waals surface area contributed by atoms with E-state index in [1.165, 1.54) is 0 Å². The topological polar surface area (TPSA) is 69.2 Å². The molecule has 138 valence electrons. The van der Waals surface area contributed by atoms with Crippen LogP contribution in [0.25, 0.3) is 10.9 Å². The zero-order chi connectivity index (χ0) is 18.6. The Morgan fingerprint density at radius 2 is 1.89 bits per heavy atom. The summed E-state index contributed by atoms with van der Waals surface area (Å²) in [5, 5.41) is 20.0. The van der Waals surface area contributed by atoms with Crippen LogP contribution in [0.3, 0.4) is 0 Å². The highest BCUT2D eigenvalue weighted by Crippen LogP contribution is 2.50. The molecular weight excluding hydrogens is 362 g/mol. The summed E-state index contributed by atoms with van der Waals surface area (Å²) in [7, 11) is 0. The molecule has 1 aliphatic carbocycles. The maximum absolute atomic E-state index is 12.7. The lowest BCUT2D eigenvalue weighted by Crippen LogP contribution is -2.32. The van der Waals surface area contributed by atoms with E-state index >= 15 is 0 Å². The minimum absolute atomic E-state index is 0.0773. The molecule has 2 N–H and O–H groups in total. The SMILES string of the molecule is O=C(c1ccccc1)N1C[C@@H]2C[C@@](O)(c3cc(Cl)cc4[nH]ncc34)C[C@@H]2C1. The molecule has 1 aliphatic heterocycles. The van der Waals surface area contributed by atoms with E-state index in [4.69, 9.17) is 11.6 Å². The van der Waals surface area contributed by atoms with Gasteiger partial charge in [0.2, 0.25) is 0 Å². The number of benzene rings is 2. The van der Waals surface area contributed by atoms with Crippen LogP contribution in [0.15, 0.2) is 48.7 Å². The number of nitrogens with one attached hydrogen (secondary N) is 1. The lowest BCUT2D eigenvalue weighted by Gasteiger charge is -2.27. The van der Waals surface area contributed by atoms with Crippen LogP contribution in [-0.2, 0) is 5.60 Å². The zero-order valence-corrected chi connectivity index (χ0v) is 15.5. The monoisotopic (exact) mass is 381 g/mol. The van der Waals surface area contributed by atoms with Crippen molar-refractivity contribution < 1.29 is 9.90 Å². The molecular formula is C21H20ClN3O2. The number of aliphatic hydroxyl groups is 1. The summed E-state index contributed by atoms with van der Waals surface area (Å²) in [4.78, 5) is 14.7. The first-order valence-electron chi connectivity index (χ1n) is 9.23. The average molecular weight is 382 g/mol. The van der Waals surface area contributed by atoms with Gasteiger partial charge in [0.15, 0.2) is 0 Å². The van der Waals surface area contributed by atoms with Crippen molar-refractivity contribution in [3.8, 4) is 0 Å². The van der Waals surface area contributed by atoms with Crippen LogP contribution in [0, 0.1) is 11.8 Å². The summed E-state index contributed by atoms with van der Waals surface area (Å²) in [5.74, 6) is 0.667. The maximum Gasteiger partial charge on any atom is 0.253 e. The van der Waals surface area contributed by atoms with Crippen molar-refractivity contribution >= 4 is 28.4 Å². The molecule has 2 fully saturated rings. The quantitative estimate of drug-likeness (QED) is 0.712. The number of amides is 1. The smallest absolute Gasteiger partial charge is 0.253 e. The third-order valence-electron chi connectivity index (χ3n) is 6.11. The fourth-order valence-corrected chi connectivity index (χ4v) is 5.12. The molecule has 1 saturated carbocycles. The predicted octanol–water partition coefficient (Wildman–Crippen LogP) is 3.59. The number of nitrogens with zero attached hydrogens (tertiary/aromatic N) is 2. The number of carbonyl (C=O) groups is 1. The highest BCUT2D eigenvalue weighted by atomic mass is 35.5. The summed E-state index contributed by atoms with van der Waals surface area (Å²) >= 11 is 6.26. The molecule has 27 heavy (non-hydrogen) atoms. The van der Waals surface area contributed by atoms with E-state index in [1.54, 1.807) is 6.20 Å². The lowest BCUT2D eigenvalue weighted by atomic mass is 9.88. The number of halogens is 1. The Kier molecular flexibility index (Phi) is 3.78. The van der Waals surface area contributed by atoms with E-state index in [-0.39, 0.29) is 5.91 Å². The molecule has 2 heterocycles. The van der Waals surface area contributed by atoms with Crippen LogP contribution in [0.2, 0.25) is 5.02 Å². The Hall–Kier alpha value is -2.37. The highest BCUT2D eigenvalue weighted by molar-refractivity contribution is 6.31. The van der Waals surface area contributed by atoms with E-state index in [2.05, 4.69) is 10.2 Å². The van der Waals surface area contributed by atoms with Crippen LogP contribution < -0.4 is 0 Å². The Morgan fingerprint density at radius 3 is 2.59 bits per heavy atom. The zero-order valence-electron chi connectivity index (χ0n) is 14.7. The van der Waals surface area contributed by atoms with Crippen LogP contribution >= 0.6 is 11.6 Å². The molecule has 5 nitrogen and oxygen atoms in total. The number of hydrogen-bond acceptors (Lipinski definition) is 3.